The minimum atomic E-state index is -0.222. The first-order valence-corrected chi connectivity index (χ1v) is 10.0. The topological polar surface area (TPSA) is 55.8 Å². The van der Waals surface area contributed by atoms with Gasteiger partial charge in [-0.05, 0) is 50.1 Å². The van der Waals surface area contributed by atoms with Gasteiger partial charge in [0.1, 0.15) is 0 Å². The third-order valence-corrected chi connectivity index (χ3v) is 5.29. The number of amides is 1. The maximum absolute atomic E-state index is 12.2. The summed E-state index contributed by atoms with van der Waals surface area (Å²) in [6.45, 7) is 6.42. The number of benzene rings is 2. The Morgan fingerprint density at radius 1 is 1.18 bits per heavy atom. The van der Waals surface area contributed by atoms with Crippen molar-refractivity contribution in [3.8, 4) is 0 Å². The van der Waals surface area contributed by atoms with Crippen molar-refractivity contribution in [3.05, 3.63) is 65.7 Å². The molecule has 3 rings (SSSR count). The minimum absolute atomic E-state index is 0.0464. The van der Waals surface area contributed by atoms with E-state index in [1.807, 2.05) is 44.2 Å². The third-order valence-electron chi connectivity index (χ3n) is 5.29. The van der Waals surface area contributed by atoms with Crippen LogP contribution in [-0.2, 0) is 0 Å². The van der Waals surface area contributed by atoms with Crippen molar-refractivity contribution in [2.24, 2.45) is 0 Å². The summed E-state index contributed by atoms with van der Waals surface area (Å²) >= 11 is 0. The second-order valence-electron chi connectivity index (χ2n) is 7.91. The molecule has 0 bridgehead atoms. The molecule has 2 aromatic carbocycles. The summed E-state index contributed by atoms with van der Waals surface area (Å²) in [5, 5.41) is 12.8. The zero-order valence-corrected chi connectivity index (χ0v) is 17.0. The van der Waals surface area contributed by atoms with Crippen LogP contribution in [0.15, 0.2) is 54.6 Å². The van der Waals surface area contributed by atoms with Crippen molar-refractivity contribution in [1.29, 1.82) is 0 Å². The highest BCUT2D eigenvalue weighted by atomic mass is 16.3. The molecule has 0 aromatic heterocycles. The van der Waals surface area contributed by atoms with Gasteiger partial charge in [0.15, 0.2) is 0 Å². The van der Waals surface area contributed by atoms with Gasteiger partial charge >= 0.3 is 0 Å². The fraction of sp³-hybridized carbons (Fsp3) is 0.435. The van der Waals surface area contributed by atoms with E-state index in [-0.39, 0.29) is 24.1 Å². The molecule has 0 radical (unpaired) electrons. The Morgan fingerprint density at radius 3 is 2.43 bits per heavy atom. The molecule has 2 aromatic rings. The smallest absolute Gasteiger partial charge is 0.251 e. The van der Waals surface area contributed by atoms with E-state index in [2.05, 4.69) is 46.4 Å². The van der Waals surface area contributed by atoms with Gasteiger partial charge in [0.05, 0.1) is 12.1 Å². The molecule has 150 valence electrons. The lowest BCUT2D eigenvalue weighted by Gasteiger charge is -2.33. The van der Waals surface area contributed by atoms with Crippen LogP contribution >= 0.6 is 0 Å². The van der Waals surface area contributed by atoms with E-state index in [1.54, 1.807) is 0 Å². The average Bonchev–Trinajstić information content (AvgIpc) is 3.11. The van der Waals surface area contributed by atoms with E-state index in [0.717, 1.165) is 31.7 Å². The van der Waals surface area contributed by atoms with Gasteiger partial charge < -0.3 is 15.3 Å². The van der Waals surface area contributed by atoms with Gasteiger partial charge in [-0.25, -0.2) is 0 Å². The number of nitrogens with one attached hydrogen (secondary N) is 1. The molecule has 28 heavy (non-hydrogen) atoms. The molecule has 1 heterocycles. The van der Waals surface area contributed by atoms with Crippen LogP contribution < -0.4 is 10.2 Å². The highest BCUT2D eigenvalue weighted by molar-refractivity contribution is 5.94. The molecule has 0 aliphatic carbocycles. The Kier molecular flexibility index (Phi) is 6.70. The molecule has 1 amide bonds. The van der Waals surface area contributed by atoms with Crippen LogP contribution in [-0.4, -0.2) is 54.7 Å². The first kappa shape index (κ1) is 20.4. The Morgan fingerprint density at radius 2 is 1.86 bits per heavy atom. The van der Waals surface area contributed by atoms with E-state index < -0.39 is 0 Å². The van der Waals surface area contributed by atoms with Crippen LogP contribution in [0.25, 0.3) is 0 Å². The van der Waals surface area contributed by atoms with Gasteiger partial charge in [-0.2, -0.15) is 0 Å². The predicted molar refractivity (Wildman–Crippen MR) is 114 cm³/mol. The number of aliphatic hydroxyl groups excluding tert-OH is 1. The van der Waals surface area contributed by atoms with Gasteiger partial charge in [-0.3, -0.25) is 9.69 Å². The molecule has 1 aliphatic rings. The Bertz CT molecular complexity index is 761. The molecule has 0 spiro atoms. The monoisotopic (exact) mass is 381 g/mol. The second-order valence-corrected chi connectivity index (χ2v) is 7.91. The molecule has 1 saturated heterocycles. The standard InChI is InChI=1S/C23H31N3O2/c1-17(2)24-23(28)19-9-11-20(12-10-19)25(3)22(18-7-5-4-6-8-18)16-26-14-13-21(27)15-26/h4-12,17,21-22,27H,13-16H2,1-3H3,(H,24,28). The highest BCUT2D eigenvalue weighted by Crippen LogP contribution is 2.28. The van der Waals surface area contributed by atoms with E-state index >= 15 is 0 Å². The summed E-state index contributed by atoms with van der Waals surface area (Å²) in [4.78, 5) is 16.8. The number of likely N-dealkylation sites (N-methyl/N-ethyl adjacent to an activating group) is 1. The number of β-amino-alcohol motifs (C(OH)–C–C–N with tert-alkyl or cyclic N) is 1. The number of likely N-dealkylation sites (tertiary alicyclic amines) is 1. The van der Waals surface area contributed by atoms with E-state index in [1.165, 1.54) is 5.56 Å². The molecule has 1 fully saturated rings. The van der Waals surface area contributed by atoms with Crippen molar-refractivity contribution in [1.82, 2.24) is 10.2 Å². The lowest BCUT2D eigenvalue weighted by atomic mass is 10.0. The molecule has 1 aliphatic heterocycles. The quantitative estimate of drug-likeness (QED) is 0.774. The fourth-order valence-corrected chi connectivity index (χ4v) is 3.72. The predicted octanol–water partition coefficient (Wildman–Crippen LogP) is 3.07. The number of carbonyl (C=O) groups is 1. The second kappa shape index (κ2) is 9.22. The largest absolute Gasteiger partial charge is 0.392 e. The van der Waals surface area contributed by atoms with E-state index in [9.17, 15) is 9.90 Å². The van der Waals surface area contributed by atoms with Crippen molar-refractivity contribution in [2.75, 3.05) is 31.6 Å². The zero-order valence-electron chi connectivity index (χ0n) is 17.0. The molecule has 5 heteroatoms. The fourth-order valence-electron chi connectivity index (χ4n) is 3.72. The van der Waals surface area contributed by atoms with Crippen LogP contribution in [0.1, 0.15) is 42.2 Å². The number of hydrogen-bond acceptors (Lipinski definition) is 4. The SMILES string of the molecule is CC(C)NC(=O)c1ccc(N(C)C(CN2CCC(O)C2)c2ccccc2)cc1. The summed E-state index contributed by atoms with van der Waals surface area (Å²) in [7, 11) is 2.09. The van der Waals surface area contributed by atoms with Crippen molar-refractivity contribution >= 4 is 11.6 Å². The number of nitrogens with zero attached hydrogens (tertiary/aromatic N) is 2. The van der Waals surface area contributed by atoms with Crippen LogP contribution in [0.3, 0.4) is 0 Å². The Hall–Kier alpha value is -2.37. The summed E-state index contributed by atoms with van der Waals surface area (Å²) in [6, 6.07) is 18.5. The van der Waals surface area contributed by atoms with Crippen molar-refractivity contribution in [2.45, 2.75) is 38.5 Å². The van der Waals surface area contributed by atoms with Gasteiger partial charge in [-0.15, -0.1) is 0 Å². The van der Waals surface area contributed by atoms with Crippen molar-refractivity contribution in [3.63, 3.8) is 0 Å². The van der Waals surface area contributed by atoms with Gasteiger partial charge in [0.2, 0.25) is 0 Å². The first-order valence-electron chi connectivity index (χ1n) is 10.0. The maximum atomic E-state index is 12.2. The minimum Gasteiger partial charge on any atom is -0.392 e. The molecule has 0 saturated carbocycles. The van der Waals surface area contributed by atoms with Crippen LogP contribution in [0, 0.1) is 0 Å². The van der Waals surface area contributed by atoms with Crippen molar-refractivity contribution < 1.29 is 9.90 Å². The highest BCUT2D eigenvalue weighted by Gasteiger charge is 2.26. The molecule has 2 atom stereocenters. The molecular formula is C23H31N3O2. The molecule has 5 nitrogen and oxygen atoms in total. The van der Waals surface area contributed by atoms with Gasteiger partial charge in [-0.1, -0.05) is 30.3 Å². The van der Waals surface area contributed by atoms with Crippen LogP contribution in [0.5, 0.6) is 0 Å². The first-order chi connectivity index (χ1) is 13.4. The molecule has 2 unspecified atom stereocenters. The third kappa shape index (κ3) is 5.12. The van der Waals surface area contributed by atoms with E-state index in [4.69, 9.17) is 0 Å². The van der Waals surface area contributed by atoms with Crippen LogP contribution in [0.2, 0.25) is 0 Å². The average molecular weight is 382 g/mol. The van der Waals surface area contributed by atoms with E-state index in [0.29, 0.717) is 5.56 Å². The molecular weight excluding hydrogens is 350 g/mol. The Balaban J connectivity index is 1.78. The summed E-state index contributed by atoms with van der Waals surface area (Å²) in [6.07, 6.45) is 0.616. The number of aliphatic hydroxyl groups is 1. The summed E-state index contributed by atoms with van der Waals surface area (Å²) < 4.78 is 0. The maximum Gasteiger partial charge on any atom is 0.251 e. The number of carbonyl (C=O) groups excluding carboxylic acids is 1. The lowest BCUT2D eigenvalue weighted by Crippen LogP contribution is -2.36. The van der Waals surface area contributed by atoms with Gasteiger partial charge in [0, 0.05) is 44.0 Å². The number of anilines is 1. The number of rotatable bonds is 7. The van der Waals surface area contributed by atoms with Gasteiger partial charge in [0.25, 0.3) is 5.91 Å². The Labute approximate surface area is 168 Å². The lowest BCUT2D eigenvalue weighted by molar-refractivity contribution is 0.0943. The van der Waals surface area contributed by atoms with Crippen LogP contribution in [0.4, 0.5) is 5.69 Å². The summed E-state index contributed by atoms with van der Waals surface area (Å²) in [5.41, 5.74) is 2.98. The zero-order chi connectivity index (χ0) is 20.1. The normalized spacial score (nSPS) is 18.2. The molecule has 2 N–H and O–H groups in total. The summed E-state index contributed by atoms with van der Waals surface area (Å²) in [5.74, 6) is -0.0464. The number of hydrogen-bond donors (Lipinski definition) is 2.